The molecule has 0 saturated carbocycles. The molecule has 0 bridgehead atoms. The zero-order valence-electron chi connectivity index (χ0n) is 12.8. The van der Waals surface area contributed by atoms with E-state index >= 15 is 0 Å². The van der Waals surface area contributed by atoms with Gasteiger partial charge in [-0.2, -0.15) is 0 Å². The number of amides is 1. The molecule has 0 aliphatic carbocycles. The fourth-order valence-corrected chi connectivity index (χ4v) is 1.94. The molecule has 124 valence electrons. The van der Waals surface area contributed by atoms with Crippen LogP contribution in [0.15, 0.2) is 24.3 Å². The van der Waals surface area contributed by atoms with E-state index in [1.54, 1.807) is 11.9 Å². The molecule has 0 saturated heterocycles. The van der Waals surface area contributed by atoms with Crippen LogP contribution in [0.1, 0.15) is 18.4 Å². The van der Waals surface area contributed by atoms with E-state index in [4.69, 9.17) is 17.3 Å². The molecule has 0 heterocycles. The number of nitrogens with two attached hydrogens (primary N) is 1. The number of esters is 1. The third kappa shape index (κ3) is 7.11. The maximum absolute atomic E-state index is 11.9. The highest BCUT2D eigenvalue weighted by atomic mass is 35.5. The molecule has 5 nitrogen and oxygen atoms in total. The highest BCUT2D eigenvalue weighted by Gasteiger charge is 2.17. The zero-order chi connectivity index (χ0) is 15.8. The molecule has 0 spiro atoms. The predicted octanol–water partition coefficient (Wildman–Crippen LogP) is 2.04. The lowest BCUT2D eigenvalue weighted by atomic mass is 10.1. The molecule has 1 amide bonds. The molecule has 0 fully saturated rings. The number of carbonyl (C=O) groups is 2. The number of nitrogens with zero attached hydrogens (tertiary/aromatic N) is 1. The van der Waals surface area contributed by atoms with Gasteiger partial charge in [-0.1, -0.05) is 23.7 Å². The Morgan fingerprint density at radius 2 is 1.91 bits per heavy atom. The third-order valence-corrected chi connectivity index (χ3v) is 3.50. The molecule has 1 atom stereocenters. The van der Waals surface area contributed by atoms with Gasteiger partial charge in [0.05, 0.1) is 7.11 Å². The van der Waals surface area contributed by atoms with E-state index in [1.165, 1.54) is 7.11 Å². The Morgan fingerprint density at radius 1 is 1.32 bits per heavy atom. The standard InChI is InChI=1S/C15H21ClN2O3.ClH/c1-18(10-9-11-3-5-12(16)6-4-11)14(19)8-7-13(17)15(20)21-2;/h3-6,13H,7-10,17H2,1-2H3;1H/t13-;/m0./s1. The van der Waals surface area contributed by atoms with Crippen molar-refractivity contribution in [3.05, 3.63) is 34.9 Å². The van der Waals surface area contributed by atoms with Crippen LogP contribution in [0.5, 0.6) is 0 Å². The summed E-state index contributed by atoms with van der Waals surface area (Å²) in [6.07, 6.45) is 1.27. The van der Waals surface area contributed by atoms with Gasteiger partial charge < -0.3 is 15.4 Å². The number of ether oxygens (including phenoxy) is 1. The summed E-state index contributed by atoms with van der Waals surface area (Å²) in [7, 11) is 3.02. The highest BCUT2D eigenvalue weighted by molar-refractivity contribution is 6.30. The van der Waals surface area contributed by atoms with Crippen LogP contribution in [-0.4, -0.2) is 43.5 Å². The van der Waals surface area contributed by atoms with E-state index in [2.05, 4.69) is 4.74 Å². The van der Waals surface area contributed by atoms with Crippen LogP contribution in [-0.2, 0) is 20.7 Å². The minimum Gasteiger partial charge on any atom is -0.468 e. The second kappa shape index (κ2) is 10.4. The molecular formula is C15H22Cl2N2O3. The Bertz CT molecular complexity index is 480. The molecule has 1 aromatic carbocycles. The number of carbonyl (C=O) groups excluding carboxylic acids is 2. The lowest BCUT2D eigenvalue weighted by molar-refractivity contribution is -0.142. The smallest absolute Gasteiger partial charge is 0.322 e. The van der Waals surface area contributed by atoms with Crippen LogP contribution in [0, 0.1) is 0 Å². The van der Waals surface area contributed by atoms with Crippen molar-refractivity contribution in [2.75, 3.05) is 20.7 Å². The first kappa shape index (κ1) is 20.7. The molecule has 1 rings (SSSR count). The number of hydrogen-bond donors (Lipinski definition) is 1. The van der Waals surface area contributed by atoms with Crippen molar-refractivity contribution in [3.63, 3.8) is 0 Å². The van der Waals surface area contributed by atoms with Crippen LogP contribution >= 0.6 is 24.0 Å². The summed E-state index contributed by atoms with van der Waals surface area (Å²) in [5, 5.41) is 0.694. The van der Waals surface area contributed by atoms with Crippen molar-refractivity contribution in [3.8, 4) is 0 Å². The van der Waals surface area contributed by atoms with Gasteiger partial charge in [-0.15, -0.1) is 12.4 Å². The zero-order valence-corrected chi connectivity index (χ0v) is 14.3. The fourth-order valence-electron chi connectivity index (χ4n) is 1.81. The summed E-state index contributed by atoms with van der Waals surface area (Å²) in [6, 6.07) is 6.78. The molecule has 7 heteroatoms. The maximum Gasteiger partial charge on any atom is 0.322 e. The first-order valence-electron chi connectivity index (χ1n) is 6.76. The van der Waals surface area contributed by atoms with Gasteiger partial charge in [0.25, 0.3) is 0 Å². The van der Waals surface area contributed by atoms with E-state index < -0.39 is 12.0 Å². The van der Waals surface area contributed by atoms with Crippen LogP contribution in [0.25, 0.3) is 0 Å². The van der Waals surface area contributed by atoms with Crippen molar-refractivity contribution < 1.29 is 14.3 Å². The van der Waals surface area contributed by atoms with Gasteiger partial charge in [-0.05, 0) is 30.5 Å². The minimum atomic E-state index is -0.747. The fraction of sp³-hybridized carbons (Fsp3) is 0.467. The van der Waals surface area contributed by atoms with Crippen LogP contribution < -0.4 is 5.73 Å². The van der Waals surface area contributed by atoms with Crippen LogP contribution in [0.2, 0.25) is 5.02 Å². The molecule has 0 aliphatic heterocycles. The summed E-state index contributed by atoms with van der Waals surface area (Å²) in [6.45, 7) is 0.605. The Kier molecular flexibility index (Phi) is 9.81. The van der Waals surface area contributed by atoms with Gasteiger partial charge in [-0.3, -0.25) is 9.59 Å². The Morgan fingerprint density at radius 3 is 2.45 bits per heavy atom. The topological polar surface area (TPSA) is 72.6 Å². The summed E-state index contributed by atoms with van der Waals surface area (Å²) < 4.78 is 4.52. The average Bonchev–Trinajstić information content (AvgIpc) is 2.50. The second-order valence-electron chi connectivity index (χ2n) is 4.86. The quantitative estimate of drug-likeness (QED) is 0.765. The van der Waals surface area contributed by atoms with E-state index in [0.29, 0.717) is 11.6 Å². The van der Waals surface area contributed by atoms with Crippen molar-refractivity contribution in [2.24, 2.45) is 5.73 Å². The van der Waals surface area contributed by atoms with Crippen molar-refractivity contribution in [2.45, 2.75) is 25.3 Å². The number of likely N-dealkylation sites (N-methyl/N-ethyl adjacent to an activating group) is 1. The van der Waals surface area contributed by atoms with Crippen LogP contribution in [0.3, 0.4) is 0 Å². The highest BCUT2D eigenvalue weighted by Crippen LogP contribution is 2.10. The van der Waals surface area contributed by atoms with Gasteiger partial charge in [-0.25, -0.2) is 0 Å². The summed E-state index contributed by atoms with van der Waals surface area (Å²) in [4.78, 5) is 24.7. The lowest BCUT2D eigenvalue weighted by Gasteiger charge is -2.18. The Hall–Kier alpha value is -1.30. The van der Waals surface area contributed by atoms with Crippen molar-refractivity contribution in [1.82, 2.24) is 4.90 Å². The van der Waals surface area contributed by atoms with Crippen molar-refractivity contribution in [1.29, 1.82) is 0 Å². The molecule has 0 radical (unpaired) electrons. The van der Waals surface area contributed by atoms with E-state index in [1.807, 2.05) is 24.3 Å². The average molecular weight is 349 g/mol. The summed E-state index contributed by atoms with van der Waals surface area (Å²) in [5.74, 6) is -0.532. The first-order chi connectivity index (χ1) is 9.93. The third-order valence-electron chi connectivity index (χ3n) is 3.25. The van der Waals surface area contributed by atoms with E-state index in [0.717, 1.165) is 12.0 Å². The van der Waals surface area contributed by atoms with Gasteiger partial charge in [0, 0.05) is 25.0 Å². The SMILES string of the molecule is COC(=O)[C@@H](N)CCC(=O)N(C)CCc1ccc(Cl)cc1.Cl. The Labute approximate surface area is 142 Å². The first-order valence-corrected chi connectivity index (χ1v) is 7.13. The second-order valence-corrected chi connectivity index (χ2v) is 5.30. The summed E-state index contributed by atoms with van der Waals surface area (Å²) >= 11 is 5.82. The molecule has 0 aromatic heterocycles. The van der Waals surface area contributed by atoms with Crippen molar-refractivity contribution >= 4 is 35.9 Å². The largest absolute Gasteiger partial charge is 0.468 e. The number of halogens is 2. The molecule has 0 unspecified atom stereocenters. The lowest BCUT2D eigenvalue weighted by Crippen LogP contribution is -2.34. The van der Waals surface area contributed by atoms with Gasteiger partial charge in [0.1, 0.15) is 6.04 Å². The molecule has 0 aliphatic rings. The van der Waals surface area contributed by atoms with E-state index in [-0.39, 0.29) is 31.2 Å². The number of benzene rings is 1. The minimum absolute atomic E-state index is 0. The van der Waals surface area contributed by atoms with Crippen LogP contribution in [0.4, 0.5) is 0 Å². The monoisotopic (exact) mass is 348 g/mol. The number of hydrogen-bond acceptors (Lipinski definition) is 4. The van der Waals surface area contributed by atoms with Gasteiger partial charge in [0.2, 0.25) is 5.91 Å². The van der Waals surface area contributed by atoms with Gasteiger partial charge >= 0.3 is 5.97 Å². The van der Waals surface area contributed by atoms with E-state index in [9.17, 15) is 9.59 Å². The number of rotatable bonds is 7. The molecule has 1 aromatic rings. The Balaban J connectivity index is 0.00000441. The normalized spacial score (nSPS) is 11.3. The number of methoxy groups -OCH3 is 1. The van der Waals surface area contributed by atoms with Gasteiger partial charge in [0.15, 0.2) is 0 Å². The molecule has 22 heavy (non-hydrogen) atoms. The maximum atomic E-state index is 11.9. The predicted molar refractivity (Wildman–Crippen MR) is 89.3 cm³/mol. The summed E-state index contributed by atoms with van der Waals surface area (Å²) in [5.41, 5.74) is 6.71. The molecule has 2 N–H and O–H groups in total. The molecular weight excluding hydrogens is 327 g/mol.